The van der Waals surface area contributed by atoms with E-state index in [0.29, 0.717) is 0 Å². The summed E-state index contributed by atoms with van der Waals surface area (Å²) in [5.41, 5.74) is 18.8. The van der Waals surface area contributed by atoms with Gasteiger partial charge in [0.2, 0.25) is 0 Å². The lowest BCUT2D eigenvalue weighted by molar-refractivity contribution is 0.670. The van der Waals surface area contributed by atoms with E-state index in [-0.39, 0.29) is 0 Å². The zero-order valence-electron chi connectivity index (χ0n) is 36.2. The molecule has 0 spiro atoms. The van der Waals surface area contributed by atoms with E-state index < -0.39 is 0 Å². The van der Waals surface area contributed by atoms with Gasteiger partial charge in [-0.3, -0.25) is 0 Å². The molecule has 12 rings (SSSR count). The van der Waals surface area contributed by atoms with Crippen LogP contribution in [0.3, 0.4) is 0 Å². The van der Waals surface area contributed by atoms with Crippen molar-refractivity contribution in [2.24, 2.45) is 0 Å². The van der Waals surface area contributed by atoms with Gasteiger partial charge >= 0.3 is 0 Å². The molecule has 12 aromatic rings. The van der Waals surface area contributed by atoms with E-state index in [0.717, 1.165) is 66.8 Å². The van der Waals surface area contributed by atoms with Crippen molar-refractivity contribution in [1.82, 2.24) is 0 Å². The molecule has 1 aromatic heterocycles. The molecule has 0 atom stereocenters. The minimum absolute atomic E-state index is 0.896. The molecule has 0 radical (unpaired) electrons. The standard InChI is InChI=1S/C64H43NO/c1-3-19-45(20-4-1)53-26-9-10-29-58(53)63-54(46-21-5-2-6-22-46)30-16-32-59(63)56-27-11-13-34-61(56)65(52-25-15-24-49(43-52)50-37-36-44-18-7-8-23-48(44)42-50)51-40-38-47(39-41-51)55-31-17-33-60-57-28-12-14-35-62(57)66-64(55)60/h1-43H. The lowest BCUT2D eigenvalue weighted by Gasteiger charge is -2.29. The Morgan fingerprint density at radius 2 is 0.803 bits per heavy atom. The highest BCUT2D eigenvalue weighted by atomic mass is 16.3. The number of hydrogen-bond acceptors (Lipinski definition) is 2. The lowest BCUT2D eigenvalue weighted by Crippen LogP contribution is -2.11. The van der Waals surface area contributed by atoms with E-state index in [1.54, 1.807) is 0 Å². The Morgan fingerprint density at radius 3 is 1.62 bits per heavy atom. The first-order valence-corrected chi connectivity index (χ1v) is 22.6. The molecule has 0 aliphatic heterocycles. The number of anilines is 3. The summed E-state index contributed by atoms with van der Waals surface area (Å²) in [5, 5.41) is 4.70. The normalized spacial score (nSPS) is 11.3. The molecule has 0 bridgehead atoms. The van der Waals surface area contributed by atoms with Crippen LogP contribution in [-0.4, -0.2) is 0 Å². The minimum atomic E-state index is 0.896. The monoisotopic (exact) mass is 841 g/mol. The third kappa shape index (κ3) is 7.02. The van der Waals surface area contributed by atoms with Gasteiger partial charge in [-0.2, -0.15) is 0 Å². The van der Waals surface area contributed by atoms with Crippen molar-refractivity contribution in [3.8, 4) is 66.8 Å². The van der Waals surface area contributed by atoms with Crippen LogP contribution >= 0.6 is 0 Å². The predicted molar refractivity (Wildman–Crippen MR) is 279 cm³/mol. The van der Waals surface area contributed by atoms with E-state index in [9.17, 15) is 0 Å². The fraction of sp³-hybridized carbons (Fsp3) is 0. The summed E-state index contributed by atoms with van der Waals surface area (Å²) in [6.07, 6.45) is 0. The molecule has 0 fully saturated rings. The average Bonchev–Trinajstić information content (AvgIpc) is 3.79. The largest absolute Gasteiger partial charge is 0.455 e. The maximum Gasteiger partial charge on any atom is 0.143 e. The Bertz CT molecular complexity index is 3700. The third-order valence-corrected chi connectivity index (χ3v) is 12.9. The minimum Gasteiger partial charge on any atom is -0.455 e. The molecule has 1 heterocycles. The van der Waals surface area contributed by atoms with Crippen LogP contribution in [0.15, 0.2) is 265 Å². The third-order valence-electron chi connectivity index (χ3n) is 12.9. The van der Waals surface area contributed by atoms with Gasteiger partial charge < -0.3 is 9.32 Å². The molecule has 0 unspecified atom stereocenters. The highest BCUT2D eigenvalue weighted by Crippen LogP contribution is 2.49. The summed E-state index contributed by atoms with van der Waals surface area (Å²) < 4.78 is 6.52. The van der Waals surface area contributed by atoms with Crippen LogP contribution in [0.5, 0.6) is 0 Å². The van der Waals surface area contributed by atoms with E-state index in [2.05, 4.69) is 254 Å². The quantitative estimate of drug-likeness (QED) is 0.144. The van der Waals surface area contributed by atoms with Crippen molar-refractivity contribution in [2.45, 2.75) is 0 Å². The molecule has 0 saturated heterocycles. The van der Waals surface area contributed by atoms with Gasteiger partial charge in [-0.05, 0) is 109 Å². The number of fused-ring (bicyclic) bond motifs is 4. The molecule has 310 valence electrons. The number of para-hydroxylation sites is 3. The maximum absolute atomic E-state index is 6.52. The first-order valence-electron chi connectivity index (χ1n) is 22.6. The second-order valence-electron chi connectivity index (χ2n) is 16.8. The van der Waals surface area contributed by atoms with E-state index in [4.69, 9.17) is 4.42 Å². The Balaban J connectivity index is 1.07. The zero-order chi connectivity index (χ0) is 43.8. The summed E-state index contributed by atoms with van der Waals surface area (Å²) >= 11 is 0. The number of nitrogens with zero attached hydrogens (tertiary/aromatic N) is 1. The second-order valence-corrected chi connectivity index (χ2v) is 16.8. The molecule has 0 N–H and O–H groups in total. The Labute approximate surface area is 384 Å². The van der Waals surface area contributed by atoms with Gasteiger partial charge in [0.25, 0.3) is 0 Å². The number of furan rings is 1. The molecule has 2 heteroatoms. The van der Waals surface area contributed by atoms with Gasteiger partial charge in [-0.1, -0.05) is 218 Å². The van der Waals surface area contributed by atoms with Gasteiger partial charge in [0.15, 0.2) is 0 Å². The summed E-state index contributed by atoms with van der Waals surface area (Å²) in [7, 11) is 0. The highest BCUT2D eigenvalue weighted by Gasteiger charge is 2.23. The topological polar surface area (TPSA) is 16.4 Å². The zero-order valence-corrected chi connectivity index (χ0v) is 36.2. The van der Waals surface area contributed by atoms with Gasteiger partial charge in [-0.25, -0.2) is 0 Å². The van der Waals surface area contributed by atoms with Crippen LogP contribution in [-0.2, 0) is 0 Å². The summed E-state index contributed by atoms with van der Waals surface area (Å²) in [6, 6.07) is 94.0. The van der Waals surface area contributed by atoms with Crippen LogP contribution in [0.25, 0.3) is 99.5 Å². The van der Waals surface area contributed by atoms with E-state index in [1.807, 2.05) is 12.1 Å². The van der Waals surface area contributed by atoms with Gasteiger partial charge in [-0.15, -0.1) is 0 Å². The number of benzene rings is 11. The average molecular weight is 842 g/mol. The predicted octanol–water partition coefficient (Wildman–Crippen LogP) is 18.2. The highest BCUT2D eigenvalue weighted by molar-refractivity contribution is 6.10. The molecule has 0 amide bonds. The molecular weight excluding hydrogens is 799 g/mol. The molecule has 0 aliphatic carbocycles. The Kier molecular flexibility index (Phi) is 9.89. The molecule has 0 saturated carbocycles. The van der Waals surface area contributed by atoms with Crippen molar-refractivity contribution >= 4 is 49.8 Å². The summed E-state index contributed by atoms with van der Waals surface area (Å²) in [5.74, 6) is 0. The molecular formula is C64H43NO. The number of rotatable bonds is 9. The fourth-order valence-corrected chi connectivity index (χ4v) is 9.78. The maximum atomic E-state index is 6.52. The Morgan fingerprint density at radius 1 is 0.273 bits per heavy atom. The van der Waals surface area contributed by atoms with Crippen LogP contribution in [0.2, 0.25) is 0 Å². The summed E-state index contributed by atoms with van der Waals surface area (Å²) in [6.45, 7) is 0. The molecule has 66 heavy (non-hydrogen) atoms. The first-order chi connectivity index (χ1) is 32.7. The van der Waals surface area contributed by atoms with Crippen molar-refractivity contribution in [1.29, 1.82) is 0 Å². The molecule has 2 nitrogen and oxygen atoms in total. The van der Waals surface area contributed by atoms with Crippen molar-refractivity contribution in [3.63, 3.8) is 0 Å². The SMILES string of the molecule is c1ccc(-c2ccccc2-c2c(-c3ccccc3)cccc2-c2ccccc2N(c2ccc(-c3cccc4c3oc3ccccc34)cc2)c2cccc(-c3ccc4ccccc4c3)c2)cc1. The Hall–Kier alpha value is -8.72. The second kappa shape index (κ2) is 16.8. The smallest absolute Gasteiger partial charge is 0.143 e. The molecule has 0 aliphatic rings. The molecule has 11 aromatic carbocycles. The van der Waals surface area contributed by atoms with Crippen LogP contribution in [0.4, 0.5) is 17.1 Å². The van der Waals surface area contributed by atoms with Crippen LogP contribution < -0.4 is 4.90 Å². The van der Waals surface area contributed by atoms with Gasteiger partial charge in [0, 0.05) is 33.3 Å². The fourth-order valence-electron chi connectivity index (χ4n) is 9.78. The van der Waals surface area contributed by atoms with Crippen molar-refractivity contribution in [2.75, 3.05) is 4.90 Å². The first kappa shape index (κ1) is 38.9. The van der Waals surface area contributed by atoms with Gasteiger partial charge in [0.1, 0.15) is 11.2 Å². The van der Waals surface area contributed by atoms with E-state index >= 15 is 0 Å². The number of hydrogen-bond donors (Lipinski definition) is 0. The van der Waals surface area contributed by atoms with Crippen molar-refractivity contribution in [3.05, 3.63) is 261 Å². The summed E-state index contributed by atoms with van der Waals surface area (Å²) in [4.78, 5) is 2.42. The van der Waals surface area contributed by atoms with Crippen LogP contribution in [0, 0.1) is 0 Å². The van der Waals surface area contributed by atoms with Gasteiger partial charge in [0.05, 0.1) is 5.69 Å². The van der Waals surface area contributed by atoms with Crippen molar-refractivity contribution < 1.29 is 4.42 Å². The van der Waals surface area contributed by atoms with Crippen LogP contribution in [0.1, 0.15) is 0 Å². The lowest BCUT2D eigenvalue weighted by atomic mass is 9.84. The van der Waals surface area contributed by atoms with E-state index in [1.165, 1.54) is 49.7 Å².